The average molecular weight is 704 g/mol. The van der Waals surface area contributed by atoms with Gasteiger partial charge in [-0.15, -0.1) is 13.2 Å². The van der Waals surface area contributed by atoms with Gasteiger partial charge in [-0.25, -0.2) is 0 Å². The van der Waals surface area contributed by atoms with Crippen LogP contribution in [0.25, 0.3) is 0 Å². The van der Waals surface area contributed by atoms with Gasteiger partial charge in [0.25, 0.3) is 5.91 Å². The summed E-state index contributed by atoms with van der Waals surface area (Å²) in [6, 6.07) is 6.69. The summed E-state index contributed by atoms with van der Waals surface area (Å²) in [6.07, 6.45) is 3.41. The molecule has 1 aromatic carbocycles. The summed E-state index contributed by atoms with van der Waals surface area (Å²) in [5.74, 6) is -3.36. The Morgan fingerprint density at radius 1 is 1.20 bits per heavy atom. The maximum atomic E-state index is 14.6. The van der Waals surface area contributed by atoms with E-state index in [9.17, 15) is 24.3 Å². The third-order valence-corrected chi connectivity index (χ3v) is 10.0. The first kappa shape index (κ1) is 35.6. The molecule has 0 aromatic heterocycles. The molecule has 46 heavy (non-hydrogen) atoms. The third-order valence-electron chi connectivity index (χ3n) is 9.20. The lowest BCUT2D eigenvalue weighted by Gasteiger charge is -2.37. The van der Waals surface area contributed by atoms with Gasteiger partial charge in [0.15, 0.2) is 0 Å². The fourth-order valence-electron chi connectivity index (χ4n) is 7.09. The van der Waals surface area contributed by atoms with Crippen LogP contribution in [0.3, 0.4) is 0 Å². The number of halogens is 1. The molecule has 2 N–H and O–H groups in total. The van der Waals surface area contributed by atoms with Crippen LogP contribution in [-0.4, -0.2) is 102 Å². The van der Waals surface area contributed by atoms with Crippen molar-refractivity contribution in [3.8, 4) is 0 Å². The lowest BCUT2D eigenvalue weighted by Crippen LogP contribution is -2.57. The van der Waals surface area contributed by atoms with Gasteiger partial charge in [-0.1, -0.05) is 28.1 Å². The smallest absolute Gasteiger partial charge is 0.312 e. The van der Waals surface area contributed by atoms with Crippen molar-refractivity contribution >= 4 is 51.0 Å². The van der Waals surface area contributed by atoms with Crippen LogP contribution in [0.4, 0.5) is 11.4 Å². The summed E-state index contributed by atoms with van der Waals surface area (Å²) in [5.41, 5.74) is 0.415. The predicted molar refractivity (Wildman–Crippen MR) is 180 cm³/mol. The van der Waals surface area contributed by atoms with Gasteiger partial charge in [0.1, 0.15) is 17.7 Å². The Morgan fingerprint density at radius 2 is 1.87 bits per heavy atom. The summed E-state index contributed by atoms with van der Waals surface area (Å²) in [7, 11) is 0. The zero-order valence-corrected chi connectivity index (χ0v) is 28.6. The van der Waals surface area contributed by atoms with Gasteiger partial charge in [0.05, 0.1) is 24.5 Å². The highest BCUT2D eigenvalue weighted by molar-refractivity contribution is 9.09. The number of aliphatic hydroxyl groups excluding tert-OH is 1. The van der Waals surface area contributed by atoms with Gasteiger partial charge >= 0.3 is 5.97 Å². The predicted octanol–water partition coefficient (Wildman–Crippen LogP) is 3.20. The van der Waals surface area contributed by atoms with E-state index in [4.69, 9.17) is 9.47 Å². The number of hydrogen-bond donors (Lipinski definition) is 2. The van der Waals surface area contributed by atoms with Crippen molar-refractivity contribution in [2.24, 2.45) is 11.8 Å². The minimum absolute atomic E-state index is 0.120. The number of benzene rings is 1. The molecule has 0 aliphatic carbocycles. The van der Waals surface area contributed by atoms with E-state index in [-0.39, 0.29) is 61.6 Å². The summed E-state index contributed by atoms with van der Waals surface area (Å²) in [5, 5.41) is 12.4. The molecule has 3 fully saturated rings. The Morgan fingerprint density at radius 3 is 2.48 bits per heavy atom. The highest BCUT2D eigenvalue weighted by atomic mass is 79.9. The average Bonchev–Trinajstić information content (AvgIpc) is 3.64. The van der Waals surface area contributed by atoms with Crippen LogP contribution >= 0.6 is 15.9 Å². The Balaban J connectivity index is 1.63. The number of carbonyl (C=O) groups is 4. The van der Waals surface area contributed by atoms with E-state index in [1.807, 2.05) is 24.3 Å². The summed E-state index contributed by atoms with van der Waals surface area (Å²) in [6.45, 7) is 15.3. The van der Waals surface area contributed by atoms with Crippen molar-refractivity contribution in [3.63, 3.8) is 0 Å². The summed E-state index contributed by atoms with van der Waals surface area (Å²) >= 11 is 3.68. The van der Waals surface area contributed by atoms with E-state index >= 15 is 0 Å². The van der Waals surface area contributed by atoms with Crippen LogP contribution in [0.5, 0.6) is 0 Å². The monoisotopic (exact) mass is 702 g/mol. The zero-order valence-electron chi connectivity index (χ0n) is 27.0. The fourth-order valence-corrected chi connectivity index (χ4v) is 8.03. The number of allylic oxidation sites excluding steroid dienone is 1. The molecule has 7 atom stereocenters. The molecule has 1 spiro atoms. The molecule has 3 saturated heterocycles. The van der Waals surface area contributed by atoms with Crippen molar-refractivity contribution in [2.45, 2.75) is 75.1 Å². The van der Waals surface area contributed by atoms with E-state index in [1.54, 1.807) is 24.0 Å². The standard InChI is InChI=1S/C34H47BrN4O7/c1-6-10-12-26(41)36-21-22(5)45-33(44)27-28-31(42)39(18-11-19-40)30(34(28)20-25(35)29(27)46-34)32(43)38(17-7-2)24-15-13-23(14-16-24)37(8-3)9-4/h6-7,13-16,22,25,27-30,40H,1-2,8-12,17-21H2,3-5H3,(H,36,41)/t22-,25?,27-,28+,29-,30-,34+/m0/s1. The number of likely N-dealkylation sites (tertiary alicyclic amines) is 1. The van der Waals surface area contributed by atoms with Gasteiger partial charge < -0.3 is 34.6 Å². The molecular weight excluding hydrogens is 656 g/mol. The lowest BCUT2D eigenvalue weighted by molar-refractivity contribution is -0.159. The molecule has 3 heterocycles. The fraction of sp³-hybridized carbons (Fsp3) is 0.588. The molecular formula is C34H47BrN4O7. The number of carbonyl (C=O) groups excluding carboxylic acids is 4. The Bertz CT molecular complexity index is 1290. The number of esters is 1. The summed E-state index contributed by atoms with van der Waals surface area (Å²) in [4.78, 5) is 59.6. The number of rotatable bonds is 17. The van der Waals surface area contributed by atoms with E-state index < -0.39 is 41.7 Å². The minimum atomic E-state index is -1.27. The first-order chi connectivity index (χ1) is 22.1. The number of hydrogen-bond acceptors (Lipinski definition) is 8. The van der Waals surface area contributed by atoms with Gasteiger partial charge in [0.2, 0.25) is 11.8 Å². The van der Waals surface area contributed by atoms with Crippen LogP contribution < -0.4 is 15.1 Å². The number of amides is 3. The van der Waals surface area contributed by atoms with Crippen LogP contribution in [0.15, 0.2) is 49.6 Å². The van der Waals surface area contributed by atoms with Crippen molar-refractivity contribution in [2.75, 3.05) is 49.1 Å². The molecule has 3 amide bonds. The lowest BCUT2D eigenvalue weighted by atomic mass is 9.70. The minimum Gasteiger partial charge on any atom is -0.460 e. The molecule has 1 aromatic rings. The maximum Gasteiger partial charge on any atom is 0.312 e. The van der Waals surface area contributed by atoms with Crippen LogP contribution in [-0.2, 0) is 28.7 Å². The topological polar surface area (TPSA) is 129 Å². The number of nitrogens with one attached hydrogen (secondary N) is 1. The Hall–Kier alpha value is -3.22. The molecule has 0 saturated carbocycles. The number of nitrogens with zero attached hydrogens (tertiary/aromatic N) is 3. The molecule has 0 radical (unpaired) electrons. The maximum absolute atomic E-state index is 14.6. The number of alkyl halides is 1. The first-order valence-electron chi connectivity index (χ1n) is 16.2. The Kier molecular flexibility index (Phi) is 12.1. The van der Waals surface area contributed by atoms with Crippen LogP contribution in [0, 0.1) is 11.8 Å². The molecule has 3 aliphatic rings. The van der Waals surface area contributed by atoms with E-state index in [1.165, 1.54) is 4.90 Å². The molecule has 3 aliphatic heterocycles. The van der Waals surface area contributed by atoms with Crippen molar-refractivity contribution in [1.82, 2.24) is 10.2 Å². The largest absolute Gasteiger partial charge is 0.460 e. The van der Waals surface area contributed by atoms with Crippen LogP contribution in [0.2, 0.25) is 0 Å². The Labute approximate surface area is 280 Å². The van der Waals surface area contributed by atoms with E-state index in [2.05, 4.69) is 53.2 Å². The highest BCUT2D eigenvalue weighted by Crippen LogP contribution is 2.60. The summed E-state index contributed by atoms with van der Waals surface area (Å²) < 4.78 is 12.3. The second kappa shape index (κ2) is 15.6. The van der Waals surface area contributed by atoms with Gasteiger partial charge in [-0.3, -0.25) is 19.2 Å². The van der Waals surface area contributed by atoms with Crippen molar-refractivity contribution < 1.29 is 33.8 Å². The third kappa shape index (κ3) is 6.89. The van der Waals surface area contributed by atoms with Gasteiger partial charge in [0, 0.05) is 55.4 Å². The number of ether oxygens (including phenoxy) is 2. The molecule has 12 heteroatoms. The number of fused-ring (bicyclic) bond motifs is 1. The van der Waals surface area contributed by atoms with E-state index in [0.29, 0.717) is 18.5 Å². The normalized spacial score (nSPS) is 26.8. The van der Waals surface area contributed by atoms with Gasteiger partial charge in [-0.05, 0) is 64.3 Å². The van der Waals surface area contributed by atoms with Gasteiger partial charge in [-0.2, -0.15) is 0 Å². The first-order valence-corrected chi connectivity index (χ1v) is 17.1. The number of anilines is 2. The zero-order chi connectivity index (χ0) is 33.6. The van der Waals surface area contributed by atoms with Crippen molar-refractivity contribution in [1.29, 1.82) is 0 Å². The second-order valence-electron chi connectivity index (χ2n) is 12.1. The van der Waals surface area contributed by atoms with E-state index in [0.717, 1.165) is 18.8 Å². The molecule has 252 valence electrons. The molecule has 1 unspecified atom stereocenters. The second-order valence-corrected chi connectivity index (χ2v) is 13.3. The molecule has 4 rings (SSSR count). The van der Waals surface area contributed by atoms with Crippen LogP contribution in [0.1, 0.15) is 46.5 Å². The molecule has 2 bridgehead atoms. The SMILES string of the molecule is C=CCCC(=O)NC[C@H](C)OC(=O)[C@@H]1[C@H]2O[C@@]3(CC2Br)[C@H](C(=O)N(CC=C)c2ccc(N(CC)CC)cc2)N(CCCO)C(=O)[C@@H]13. The quantitative estimate of drug-likeness (QED) is 0.144. The molecule has 11 nitrogen and oxygen atoms in total. The highest BCUT2D eigenvalue weighted by Gasteiger charge is 2.77. The number of aliphatic hydroxyl groups is 1. The van der Waals surface area contributed by atoms with Crippen molar-refractivity contribution in [3.05, 3.63) is 49.6 Å².